The highest BCUT2D eigenvalue weighted by Crippen LogP contribution is 2.29. The lowest BCUT2D eigenvalue weighted by Crippen LogP contribution is -2.32. The number of benzene rings is 2. The van der Waals surface area contributed by atoms with Gasteiger partial charge >= 0.3 is 0 Å². The third-order valence-corrected chi connectivity index (χ3v) is 3.71. The molecule has 0 saturated heterocycles. The molecule has 0 saturated carbocycles. The van der Waals surface area contributed by atoms with Gasteiger partial charge in [0.25, 0.3) is 5.91 Å². The molecular weight excluding hydrogens is 376 g/mol. The standard InChI is InChI=1S/C17H17BrN2O4/c1-23-14-8-7-13(9-15(14)24-2)20-16(21)10-19-17(22)11-3-5-12(18)6-4-11/h3-9H,10H2,1-2H3,(H,19,22)(H,20,21). The normalized spacial score (nSPS) is 9.96. The van der Waals surface area contributed by atoms with Crippen LogP contribution in [0.25, 0.3) is 0 Å². The number of anilines is 1. The molecule has 0 unspecified atom stereocenters. The number of halogens is 1. The topological polar surface area (TPSA) is 76.7 Å². The van der Waals surface area contributed by atoms with E-state index in [4.69, 9.17) is 9.47 Å². The summed E-state index contributed by atoms with van der Waals surface area (Å²) in [7, 11) is 3.05. The fraction of sp³-hybridized carbons (Fsp3) is 0.176. The van der Waals surface area contributed by atoms with Crippen LogP contribution in [0.15, 0.2) is 46.9 Å². The van der Waals surface area contributed by atoms with Gasteiger partial charge in [-0.2, -0.15) is 0 Å². The zero-order chi connectivity index (χ0) is 17.5. The minimum atomic E-state index is -0.340. The molecule has 2 aromatic rings. The third kappa shape index (κ3) is 4.73. The van der Waals surface area contributed by atoms with E-state index < -0.39 is 0 Å². The number of hydrogen-bond acceptors (Lipinski definition) is 4. The molecule has 0 fully saturated rings. The second-order valence-corrected chi connectivity index (χ2v) is 5.72. The molecule has 24 heavy (non-hydrogen) atoms. The highest BCUT2D eigenvalue weighted by molar-refractivity contribution is 9.10. The predicted octanol–water partition coefficient (Wildman–Crippen LogP) is 2.83. The van der Waals surface area contributed by atoms with E-state index in [1.165, 1.54) is 14.2 Å². The zero-order valence-electron chi connectivity index (χ0n) is 13.3. The van der Waals surface area contributed by atoms with Gasteiger partial charge in [0.1, 0.15) is 0 Å². The molecule has 126 valence electrons. The van der Waals surface area contributed by atoms with Crippen molar-refractivity contribution in [1.29, 1.82) is 0 Å². The average Bonchev–Trinajstić information content (AvgIpc) is 2.60. The van der Waals surface area contributed by atoms with Crippen LogP contribution >= 0.6 is 15.9 Å². The Hall–Kier alpha value is -2.54. The van der Waals surface area contributed by atoms with E-state index in [9.17, 15) is 9.59 Å². The van der Waals surface area contributed by atoms with Crippen LogP contribution < -0.4 is 20.1 Å². The van der Waals surface area contributed by atoms with Gasteiger partial charge < -0.3 is 20.1 Å². The Labute approximate surface area is 148 Å². The average molecular weight is 393 g/mol. The monoisotopic (exact) mass is 392 g/mol. The van der Waals surface area contributed by atoms with Crippen LogP contribution in [-0.2, 0) is 4.79 Å². The number of ether oxygens (including phenoxy) is 2. The van der Waals surface area contributed by atoms with Gasteiger partial charge in [0.2, 0.25) is 5.91 Å². The van der Waals surface area contributed by atoms with Crippen LogP contribution in [-0.4, -0.2) is 32.6 Å². The Morgan fingerprint density at radius 1 is 1.00 bits per heavy atom. The first-order valence-electron chi connectivity index (χ1n) is 7.09. The van der Waals surface area contributed by atoms with Crippen LogP contribution in [0.4, 0.5) is 5.69 Å². The van der Waals surface area contributed by atoms with Gasteiger partial charge in [-0.3, -0.25) is 9.59 Å². The summed E-state index contributed by atoms with van der Waals surface area (Å²) in [5.41, 5.74) is 1.03. The van der Waals surface area contributed by atoms with Crippen molar-refractivity contribution < 1.29 is 19.1 Å². The van der Waals surface area contributed by atoms with Crippen molar-refractivity contribution in [3.05, 3.63) is 52.5 Å². The number of carbonyl (C=O) groups is 2. The molecule has 0 bridgehead atoms. The Morgan fingerprint density at radius 2 is 1.67 bits per heavy atom. The molecule has 0 aromatic heterocycles. The van der Waals surface area contributed by atoms with Gasteiger partial charge in [-0.05, 0) is 36.4 Å². The summed E-state index contributed by atoms with van der Waals surface area (Å²) >= 11 is 3.30. The summed E-state index contributed by atoms with van der Waals surface area (Å²) in [6, 6.07) is 11.9. The van der Waals surface area contributed by atoms with E-state index in [0.717, 1.165) is 4.47 Å². The molecule has 0 heterocycles. The first kappa shape index (κ1) is 17.8. The minimum absolute atomic E-state index is 0.136. The van der Waals surface area contributed by atoms with Crippen molar-refractivity contribution in [2.24, 2.45) is 0 Å². The number of methoxy groups -OCH3 is 2. The Morgan fingerprint density at radius 3 is 2.29 bits per heavy atom. The molecule has 2 amide bonds. The Bertz CT molecular complexity index is 732. The SMILES string of the molecule is COc1ccc(NC(=O)CNC(=O)c2ccc(Br)cc2)cc1OC. The molecule has 0 aliphatic carbocycles. The molecule has 2 N–H and O–H groups in total. The van der Waals surface area contributed by atoms with Crippen molar-refractivity contribution in [3.8, 4) is 11.5 Å². The van der Waals surface area contributed by atoms with Crippen molar-refractivity contribution in [3.63, 3.8) is 0 Å². The molecule has 0 aliphatic heterocycles. The summed E-state index contributed by atoms with van der Waals surface area (Å²) in [6.07, 6.45) is 0. The quantitative estimate of drug-likeness (QED) is 0.792. The Balaban J connectivity index is 1.91. The molecule has 2 aromatic carbocycles. The molecule has 0 aliphatic rings. The number of carbonyl (C=O) groups excluding carboxylic acids is 2. The fourth-order valence-corrected chi connectivity index (χ4v) is 2.25. The van der Waals surface area contributed by atoms with Crippen LogP contribution in [0.1, 0.15) is 10.4 Å². The number of hydrogen-bond donors (Lipinski definition) is 2. The fourth-order valence-electron chi connectivity index (χ4n) is 1.98. The smallest absolute Gasteiger partial charge is 0.251 e. The van der Waals surface area contributed by atoms with Crippen LogP contribution in [0.3, 0.4) is 0 Å². The number of rotatable bonds is 6. The van der Waals surface area contributed by atoms with Gasteiger partial charge in [0.05, 0.1) is 20.8 Å². The van der Waals surface area contributed by atoms with Gasteiger partial charge in [0, 0.05) is 21.8 Å². The number of nitrogens with one attached hydrogen (secondary N) is 2. The molecule has 7 heteroatoms. The largest absolute Gasteiger partial charge is 0.493 e. The lowest BCUT2D eigenvalue weighted by atomic mass is 10.2. The van der Waals surface area contributed by atoms with Gasteiger partial charge in [-0.1, -0.05) is 15.9 Å². The third-order valence-electron chi connectivity index (χ3n) is 3.18. The first-order valence-corrected chi connectivity index (χ1v) is 7.88. The molecule has 0 radical (unpaired) electrons. The molecule has 6 nitrogen and oxygen atoms in total. The maximum atomic E-state index is 12.0. The van der Waals surface area contributed by atoms with E-state index in [1.54, 1.807) is 42.5 Å². The van der Waals surface area contributed by atoms with Crippen LogP contribution in [0.2, 0.25) is 0 Å². The van der Waals surface area contributed by atoms with Crippen molar-refractivity contribution in [1.82, 2.24) is 5.32 Å². The number of amides is 2. The van der Waals surface area contributed by atoms with Gasteiger partial charge in [0.15, 0.2) is 11.5 Å². The predicted molar refractivity (Wildman–Crippen MR) is 94.7 cm³/mol. The lowest BCUT2D eigenvalue weighted by Gasteiger charge is -2.11. The zero-order valence-corrected chi connectivity index (χ0v) is 14.8. The molecule has 0 atom stereocenters. The van der Waals surface area contributed by atoms with E-state index in [1.807, 2.05) is 0 Å². The molecular formula is C17H17BrN2O4. The van der Waals surface area contributed by atoms with E-state index in [2.05, 4.69) is 26.6 Å². The van der Waals surface area contributed by atoms with E-state index >= 15 is 0 Å². The van der Waals surface area contributed by atoms with Gasteiger partial charge in [-0.25, -0.2) is 0 Å². The highest BCUT2D eigenvalue weighted by Gasteiger charge is 2.10. The summed E-state index contributed by atoms with van der Waals surface area (Å²) in [5, 5.41) is 5.25. The summed E-state index contributed by atoms with van der Waals surface area (Å²) in [5.74, 6) is 0.422. The first-order chi connectivity index (χ1) is 11.5. The second-order valence-electron chi connectivity index (χ2n) is 4.81. The van der Waals surface area contributed by atoms with Crippen molar-refractivity contribution >= 4 is 33.4 Å². The maximum Gasteiger partial charge on any atom is 0.251 e. The minimum Gasteiger partial charge on any atom is -0.493 e. The summed E-state index contributed by atoms with van der Waals surface area (Å²) in [4.78, 5) is 23.9. The highest BCUT2D eigenvalue weighted by atomic mass is 79.9. The Kier molecular flexibility index (Phi) is 6.20. The molecule has 2 rings (SSSR count). The van der Waals surface area contributed by atoms with Crippen LogP contribution in [0, 0.1) is 0 Å². The van der Waals surface area contributed by atoms with Gasteiger partial charge in [-0.15, -0.1) is 0 Å². The van der Waals surface area contributed by atoms with Crippen molar-refractivity contribution in [2.75, 3.05) is 26.1 Å². The molecule has 0 spiro atoms. The summed E-state index contributed by atoms with van der Waals surface area (Å²) < 4.78 is 11.2. The second kappa shape index (κ2) is 8.35. The van der Waals surface area contributed by atoms with Crippen LogP contribution in [0.5, 0.6) is 11.5 Å². The lowest BCUT2D eigenvalue weighted by molar-refractivity contribution is -0.115. The maximum absolute atomic E-state index is 12.0. The van der Waals surface area contributed by atoms with E-state index in [0.29, 0.717) is 22.7 Å². The van der Waals surface area contributed by atoms with Crippen molar-refractivity contribution in [2.45, 2.75) is 0 Å². The van der Waals surface area contributed by atoms with E-state index in [-0.39, 0.29) is 18.4 Å². The summed E-state index contributed by atoms with van der Waals surface area (Å²) in [6.45, 7) is -0.136.